The summed E-state index contributed by atoms with van der Waals surface area (Å²) in [4.78, 5) is 4.78. The number of ether oxygens (including phenoxy) is 1. The van der Waals surface area contributed by atoms with Gasteiger partial charge >= 0.3 is 0 Å². The molecule has 0 spiro atoms. The van der Waals surface area contributed by atoms with Crippen molar-refractivity contribution < 1.29 is 4.74 Å². The van der Waals surface area contributed by atoms with Gasteiger partial charge in [-0.05, 0) is 30.8 Å². The normalized spacial score (nSPS) is 13.1. The lowest BCUT2D eigenvalue weighted by atomic mass is 10.1. The Balaban J connectivity index is 2.58. The lowest BCUT2D eigenvalue weighted by Crippen LogP contribution is -2.25. The molecule has 1 aromatic rings. The summed E-state index contributed by atoms with van der Waals surface area (Å²) >= 11 is 3.69. The van der Waals surface area contributed by atoms with Gasteiger partial charge in [-0.3, -0.25) is 0 Å². The molecule has 0 saturated carbocycles. The van der Waals surface area contributed by atoms with Gasteiger partial charge in [-0.25, -0.2) is 4.98 Å². The minimum atomic E-state index is 0.375. The minimum absolute atomic E-state index is 0.375. The highest BCUT2D eigenvalue weighted by molar-refractivity contribution is 7.98. The third-order valence-electron chi connectivity index (χ3n) is 2.97. The van der Waals surface area contributed by atoms with Gasteiger partial charge in [0.05, 0.1) is 18.3 Å². The summed E-state index contributed by atoms with van der Waals surface area (Å²) in [6.45, 7) is 6.03. The summed E-state index contributed by atoms with van der Waals surface area (Å²) in [6, 6.07) is 0.375. The number of methoxy groups -OCH3 is 1. The molecule has 0 aliphatic carbocycles. The van der Waals surface area contributed by atoms with Crippen LogP contribution >= 0.6 is 23.1 Å². The van der Waals surface area contributed by atoms with Gasteiger partial charge in [0.25, 0.3) is 0 Å². The molecule has 0 aliphatic heterocycles. The maximum Gasteiger partial charge on any atom is 0.110 e. The van der Waals surface area contributed by atoms with E-state index in [1.807, 2.05) is 11.8 Å². The number of nitrogens with zero attached hydrogens (tertiary/aromatic N) is 1. The van der Waals surface area contributed by atoms with Crippen molar-refractivity contribution in [1.29, 1.82) is 0 Å². The van der Waals surface area contributed by atoms with Crippen molar-refractivity contribution >= 4 is 23.1 Å². The zero-order valence-electron chi connectivity index (χ0n) is 12.4. The first kappa shape index (κ1) is 17.0. The van der Waals surface area contributed by atoms with Gasteiger partial charge in [0.1, 0.15) is 5.01 Å². The summed E-state index contributed by atoms with van der Waals surface area (Å²) < 4.78 is 5.11. The number of aromatic nitrogens is 1. The first-order chi connectivity index (χ1) is 9.19. The van der Waals surface area contributed by atoms with Crippen LogP contribution in [-0.4, -0.2) is 37.3 Å². The Hall–Kier alpha value is -0.100. The van der Waals surface area contributed by atoms with Crippen molar-refractivity contribution in [3.8, 4) is 0 Å². The van der Waals surface area contributed by atoms with Crippen LogP contribution in [-0.2, 0) is 4.74 Å². The van der Waals surface area contributed by atoms with E-state index in [0.717, 1.165) is 19.6 Å². The predicted molar refractivity (Wildman–Crippen MR) is 86.4 cm³/mol. The predicted octanol–water partition coefficient (Wildman–Crippen LogP) is 3.69. The van der Waals surface area contributed by atoms with Gasteiger partial charge in [-0.2, -0.15) is 11.8 Å². The zero-order chi connectivity index (χ0) is 14.1. The van der Waals surface area contributed by atoms with Crippen LogP contribution in [0.15, 0.2) is 5.38 Å². The number of nitrogens with one attached hydrogen (secondary N) is 1. The monoisotopic (exact) mass is 302 g/mol. The number of hydrogen-bond donors (Lipinski definition) is 1. The van der Waals surface area contributed by atoms with Crippen LogP contribution in [0.2, 0.25) is 0 Å². The Labute approximate surface area is 125 Å². The Morgan fingerprint density at radius 3 is 2.84 bits per heavy atom. The molecule has 110 valence electrons. The molecule has 1 unspecified atom stereocenters. The highest BCUT2D eigenvalue weighted by Gasteiger charge is 2.15. The van der Waals surface area contributed by atoms with Gasteiger partial charge < -0.3 is 10.1 Å². The van der Waals surface area contributed by atoms with Crippen molar-refractivity contribution in [3.63, 3.8) is 0 Å². The van der Waals surface area contributed by atoms with Crippen molar-refractivity contribution in [3.05, 3.63) is 16.1 Å². The highest BCUT2D eigenvalue weighted by Crippen LogP contribution is 2.26. The molecule has 1 aromatic heterocycles. The molecular weight excluding hydrogens is 276 g/mol. The topological polar surface area (TPSA) is 34.1 Å². The van der Waals surface area contributed by atoms with Gasteiger partial charge in [-0.15, -0.1) is 11.3 Å². The third-order valence-corrected chi connectivity index (χ3v) is 4.64. The maximum atomic E-state index is 5.11. The van der Waals surface area contributed by atoms with E-state index in [0.29, 0.717) is 12.0 Å². The van der Waals surface area contributed by atoms with Crippen LogP contribution in [0.1, 0.15) is 49.4 Å². The molecule has 1 atom stereocenters. The molecule has 1 N–H and O–H groups in total. The number of hydrogen-bond acceptors (Lipinski definition) is 5. The summed E-state index contributed by atoms with van der Waals surface area (Å²) in [5, 5.41) is 6.98. The van der Waals surface area contributed by atoms with Crippen LogP contribution in [0.5, 0.6) is 0 Å². The molecule has 0 aromatic carbocycles. The molecule has 0 bridgehead atoms. The fraction of sp³-hybridized carbons (Fsp3) is 0.786. The minimum Gasteiger partial charge on any atom is -0.383 e. The second-order valence-electron chi connectivity index (χ2n) is 4.90. The molecule has 0 aliphatic rings. The first-order valence-corrected chi connectivity index (χ1v) is 9.13. The van der Waals surface area contributed by atoms with E-state index in [4.69, 9.17) is 9.72 Å². The van der Waals surface area contributed by atoms with E-state index < -0.39 is 0 Å². The van der Waals surface area contributed by atoms with Crippen LogP contribution in [0.3, 0.4) is 0 Å². The number of thioether (sulfide) groups is 1. The lowest BCUT2D eigenvalue weighted by molar-refractivity contribution is 0.195. The lowest BCUT2D eigenvalue weighted by Gasteiger charge is -2.16. The Morgan fingerprint density at radius 1 is 1.47 bits per heavy atom. The van der Waals surface area contributed by atoms with E-state index >= 15 is 0 Å². The van der Waals surface area contributed by atoms with Crippen molar-refractivity contribution in [2.45, 2.75) is 38.6 Å². The average molecular weight is 303 g/mol. The molecule has 19 heavy (non-hydrogen) atoms. The molecular formula is C14H26N2OS2. The second kappa shape index (κ2) is 9.75. The van der Waals surface area contributed by atoms with Crippen molar-refractivity contribution in [2.24, 2.45) is 0 Å². The van der Waals surface area contributed by atoms with Crippen molar-refractivity contribution in [2.75, 3.05) is 32.3 Å². The molecule has 0 amide bonds. The molecule has 1 rings (SSSR count). The van der Waals surface area contributed by atoms with Gasteiger partial charge in [0, 0.05) is 19.0 Å². The second-order valence-corrected chi connectivity index (χ2v) is 6.78. The van der Waals surface area contributed by atoms with E-state index in [1.54, 1.807) is 18.4 Å². The molecule has 0 saturated heterocycles. The number of thiazole rings is 1. The highest BCUT2D eigenvalue weighted by atomic mass is 32.2. The third kappa shape index (κ3) is 6.25. The van der Waals surface area contributed by atoms with Crippen LogP contribution in [0.4, 0.5) is 0 Å². The van der Waals surface area contributed by atoms with Gasteiger partial charge in [0.2, 0.25) is 0 Å². The molecule has 5 heteroatoms. The van der Waals surface area contributed by atoms with Gasteiger partial charge in [0.15, 0.2) is 0 Å². The van der Waals surface area contributed by atoms with Crippen LogP contribution in [0.25, 0.3) is 0 Å². The first-order valence-electron chi connectivity index (χ1n) is 6.85. The summed E-state index contributed by atoms with van der Waals surface area (Å²) in [5.74, 6) is 1.72. The van der Waals surface area contributed by atoms with E-state index in [-0.39, 0.29) is 0 Å². The molecule has 0 fully saturated rings. The Kier molecular flexibility index (Phi) is 8.70. The van der Waals surface area contributed by atoms with E-state index in [1.165, 1.54) is 22.9 Å². The quantitative estimate of drug-likeness (QED) is 0.669. The summed E-state index contributed by atoms with van der Waals surface area (Å²) in [7, 11) is 1.74. The fourth-order valence-corrected chi connectivity index (χ4v) is 3.35. The largest absolute Gasteiger partial charge is 0.383 e. The average Bonchev–Trinajstić information content (AvgIpc) is 2.87. The SMILES string of the molecule is COCCNC(CCCSC)c1nc(C(C)C)cs1. The Morgan fingerprint density at radius 2 is 2.26 bits per heavy atom. The van der Waals surface area contributed by atoms with Gasteiger partial charge in [-0.1, -0.05) is 13.8 Å². The smallest absolute Gasteiger partial charge is 0.110 e. The van der Waals surface area contributed by atoms with E-state index in [9.17, 15) is 0 Å². The van der Waals surface area contributed by atoms with Crippen LogP contribution < -0.4 is 5.32 Å². The van der Waals surface area contributed by atoms with Crippen LogP contribution in [0, 0.1) is 0 Å². The molecule has 1 heterocycles. The summed E-state index contributed by atoms with van der Waals surface area (Å²) in [6.07, 6.45) is 4.53. The van der Waals surface area contributed by atoms with Crippen molar-refractivity contribution in [1.82, 2.24) is 10.3 Å². The number of rotatable bonds is 10. The Bertz CT molecular complexity index is 332. The molecule has 3 nitrogen and oxygen atoms in total. The fourth-order valence-electron chi connectivity index (χ4n) is 1.81. The molecule has 0 radical (unpaired) electrons. The standard InChI is InChI=1S/C14H26N2OS2/c1-11(2)13-10-19-14(16-13)12(6-5-9-18-4)15-7-8-17-3/h10-12,15H,5-9H2,1-4H3. The zero-order valence-corrected chi connectivity index (χ0v) is 14.1. The van der Waals surface area contributed by atoms with E-state index in [2.05, 4.69) is 30.8 Å². The maximum absolute atomic E-state index is 5.11. The summed E-state index contributed by atoms with van der Waals surface area (Å²) in [5.41, 5.74) is 1.21.